The number of benzene rings is 1. The molecule has 74 valence electrons. The van der Waals surface area contributed by atoms with Gasteiger partial charge in [0.25, 0.3) is 5.91 Å². The van der Waals surface area contributed by atoms with E-state index in [9.17, 15) is 17.7 Å². The van der Waals surface area contributed by atoms with E-state index in [1.807, 2.05) is 0 Å². The predicted molar refractivity (Wildman–Crippen MR) is 46.3 cm³/mol. The minimum atomic E-state index is -5.03. The molecule has 2 rings (SSSR count). The number of amides is 1. The van der Waals surface area contributed by atoms with Crippen molar-refractivity contribution in [1.29, 1.82) is 0 Å². The number of hydrogen-bond acceptors (Lipinski definition) is 1. The molecule has 0 aromatic heterocycles. The van der Waals surface area contributed by atoms with Crippen molar-refractivity contribution in [3.63, 3.8) is 0 Å². The maximum Gasteiger partial charge on any atom is 1.00 e. The van der Waals surface area contributed by atoms with Crippen LogP contribution in [0.4, 0.5) is 12.9 Å². The van der Waals surface area contributed by atoms with Crippen molar-refractivity contribution < 1.29 is 69.1 Å². The summed E-state index contributed by atoms with van der Waals surface area (Å²) in [6.45, 7) is -5.05. The fraction of sp³-hybridized carbons (Fsp3) is 0.125. The van der Waals surface area contributed by atoms with E-state index < -0.39 is 18.3 Å². The Morgan fingerprint density at radius 3 is 2.53 bits per heavy atom. The van der Waals surface area contributed by atoms with Gasteiger partial charge in [-0.2, -0.15) is 0 Å². The van der Waals surface area contributed by atoms with Crippen molar-refractivity contribution >= 4 is 18.3 Å². The van der Waals surface area contributed by atoms with Gasteiger partial charge in [-0.25, -0.2) is 0 Å². The molecule has 0 unspecified atom stereocenters. The minimum Gasteiger partial charge on any atom is -0.445 e. The Morgan fingerprint density at radius 2 is 1.93 bits per heavy atom. The SMILES string of the molecule is O=C1NCc2c1cccc2[B-](F)(F)F.[K+]. The average molecular weight is 239 g/mol. The maximum absolute atomic E-state index is 12.5. The third-order valence-electron chi connectivity index (χ3n) is 2.24. The first-order chi connectivity index (χ1) is 6.50. The van der Waals surface area contributed by atoms with E-state index in [0.717, 1.165) is 6.07 Å². The summed E-state index contributed by atoms with van der Waals surface area (Å²) < 4.78 is 37.5. The standard InChI is InChI=1S/C8H6BF3NO.K/c10-9(11,12)7-3-1-2-5-6(7)4-13-8(5)14;/h1-3H,4H2,(H,13,14);/q-1;+1. The topological polar surface area (TPSA) is 29.1 Å². The number of nitrogens with one attached hydrogen (secondary N) is 1. The molecule has 0 spiro atoms. The third-order valence-corrected chi connectivity index (χ3v) is 2.24. The molecule has 1 aromatic rings. The molecule has 0 bridgehead atoms. The Balaban J connectivity index is 0.00000112. The zero-order valence-electron chi connectivity index (χ0n) is 8.06. The Labute approximate surface area is 127 Å². The molecule has 15 heavy (non-hydrogen) atoms. The van der Waals surface area contributed by atoms with Crippen molar-refractivity contribution in [3.05, 3.63) is 29.3 Å². The summed E-state index contributed by atoms with van der Waals surface area (Å²) in [7, 11) is 0. The first-order valence-electron chi connectivity index (χ1n) is 4.10. The zero-order chi connectivity index (χ0) is 10.3. The summed E-state index contributed by atoms with van der Waals surface area (Å²) in [4.78, 5) is 11.1. The number of hydrogen-bond donors (Lipinski definition) is 1. The predicted octanol–water partition coefficient (Wildman–Crippen LogP) is -2.01. The summed E-state index contributed by atoms with van der Waals surface area (Å²) in [6, 6.07) is 3.68. The number of carbonyl (C=O) groups excluding carboxylic acids is 1. The Morgan fingerprint density at radius 1 is 1.27 bits per heavy atom. The van der Waals surface area contributed by atoms with Gasteiger partial charge in [-0.15, -0.1) is 5.46 Å². The molecule has 1 aliphatic rings. The summed E-state index contributed by atoms with van der Waals surface area (Å²) in [5.74, 6) is -0.429. The van der Waals surface area contributed by atoms with Gasteiger partial charge < -0.3 is 18.3 Å². The largest absolute Gasteiger partial charge is 1.00 e. The van der Waals surface area contributed by atoms with Crippen LogP contribution in [0.1, 0.15) is 15.9 Å². The van der Waals surface area contributed by atoms with Crippen LogP contribution in [0.5, 0.6) is 0 Å². The number of halogens is 3. The van der Waals surface area contributed by atoms with E-state index in [1.165, 1.54) is 12.1 Å². The van der Waals surface area contributed by atoms with E-state index in [-0.39, 0.29) is 69.1 Å². The van der Waals surface area contributed by atoms with Gasteiger partial charge in [0.1, 0.15) is 0 Å². The van der Waals surface area contributed by atoms with Crippen molar-refractivity contribution in [2.24, 2.45) is 0 Å². The number of carbonyl (C=O) groups is 1. The van der Waals surface area contributed by atoms with Gasteiger partial charge >= 0.3 is 58.4 Å². The summed E-state index contributed by atoms with van der Waals surface area (Å²) >= 11 is 0. The van der Waals surface area contributed by atoms with Crippen LogP contribution in [0.15, 0.2) is 18.2 Å². The molecular formula is C8H6BF3KNO. The van der Waals surface area contributed by atoms with Gasteiger partial charge in [-0.1, -0.05) is 12.1 Å². The van der Waals surface area contributed by atoms with Crippen LogP contribution in [0.3, 0.4) is 0 Å². The van der Waals surface area contributed by atoms with Gasteiger partial charge in [0.05, 0.1) is 0 Å². The van der Waals surface area contributed by atoms with E-state index in [0.29, 0.717) is 0 Å². The Kier molecular flexibility index (Phi) is 4.05. The monoisotopic (exact) mass is 239 g/mol. The van der Waals surface area contributed by atoms with Crippen molar-refractivity contribution in [2.75, 3.05) is 0 Å². The van der Waals surface area contributed by atoms with Crippen LogP contribution in [0.25, 0.3) is 0 Å². The number of fused-ring (bicyclic) bond motifs is 1. The van der Waals surface area contributed by atoms with Crippen LogP contribution >= 0.6 is 0 Å². The quantitative estimate of drug-likeness (QED) is 0.564. The molecule has 0 aliphatic carbocycles. The van der Waals surface area contributed by atoms with Crippen LogP contribution in [-0.2, 0) is 6.54 Å². The second-order valence-electron chi connectivity index (χ2n) is 3.13. The fourth-order valence-corrected chi connectivity index (χ4v) is 1.59. The first-order valence-corrected chi connectivity index (χ1v) is 4.10. The van der Waals surface area contributed by atoms with Gasteiger partial charge in [-0.3, -0.25) is 4.79 Å². The van der Waals surface area contributed by atoms with E-state index >= 15 is 0 Å². The van der Waals surface area contributed by atoms with Crippen LogP contribution < -0.4 is 62.2 Å². The van der Waals surface area contributed by atoms with Gasteiger partial charge in [-0.05, 0) is 11.6 Å². The second kappa shape index (κ2) is 4.59. The molecule has 0 saturated carbocycles. The van der Waals surface area contributed by atoms with E-state index in [2.05, 4.69) is 5.32 Å². The van der Waals surface area contributed by atoms with Crippen molar-refractivity contribution in [2.45, 2.75) is 6.54 Å². The summed E-state index contributed by atoms with van der Waals surface area (Å²) in [5, 5.41) is 2.37. The normalized spacial score (nSPS) is 14.2. The molecular weight excluding hydrogens is 233 g/mol. The summed E-state index contributed by atoms with van der Waals surface area (Å²) in [6.07, 6.45) is 0. The number of rotatable bonds is 1. The fourth-order valence-electron chi connectivity index (χ4n) is 1.59. The Bertz CT molecular complexity index is 407. The van der Waals surface area contributed by atoms with Crippen LogP contribution in [0.2, 0.25) is 0 Å². The molecule has 2 nitrogen and oxygen atoms in total. The molecule has 0 saturated heterocycles. The third kappa shape index (κ3) is 2.47. The maximum atomic E-state index is 12.5. The van der Waals surface area contributed by atoms with E-state index in [4.69, 9.17) is 0 Å². The van der Waals surface area contributed by atoms with Crippen LogP contribution in [0, 0.1) is 0 Å². The van der Waals surface area contributed by atoms with Gasteiger partial charge in [0, 0.05) is 12.1 Å². The molecule has 0 radical (unpaired) electrons. The molecule has 1 heterocycles. The summed E-state index contributed by atoms with van der Waals surface area (Å²) in [5.41, 5.74) is -0.451. The molecule has 1 aromatic carbocycles. The molecule has 1 amide bonds. The smallest absolute Gasteiger partial charge is 0.445 e. The molecule has 0 fully saturated rings. The Hall–Kier alpha value is 0.181. The van der Waals surface area contributed by atoms with Gasteiger partial charge in [0.15, 0.2) is 0 Å². The molecule has 1 N–H and O–H groups in total. The average Bonchev–Trinajstić information content (AvgIpc) is 2.46. The second-order valence-corrected chi connectivity index (χ2v) is 3.13. The van der Waals surface area contributed by atoms with Crippen molar-refractivity contribution in [3.8, 4) is 0 Å². The van der Waals surface area contributed by atoms with Crippen molar-refractivity contribution in [1.82, 2.24) is 5.32 Å². The first kappa shape index (κ1) is 13.2. The van der Waals surface area contributed by atoms with Gasteiger partial charge in [0.2, 0.25) is 0 Å². The molecule has 0 atom stereocenters. The zero-order valence-corrected chi connectivity index (χ0v) is 11.2. The molecule has 1 aliphatic heterocycles. The van der Waals surface area contributed by atoms with Crippen LogP contribution in [-0.4, -0.2) is 12.9 Å². The molecule has 7 heteroatoms. The minimum absolute atomic E-state index is 0. The van der Waals surface area contributed by atoms with E-state index in [1.54, 1.807) is 0 Å².